The molecular formula is C21H27ClN6OS. The van der Waals surface area contributed by atoms with E-state index in [0.29, 0.717) is 42.0 Å². The van der Waals surface area contributed by atoms with Gasteiger partial charge in [-0.1, -0.05) is 13.0 Å². The zero-order chi connectivity index (χ0) is 21.7. The Labute approximate surface area is 186 Å². The highest BCUT2D eigenvalue weighted by Crippen LogP contribution is 2.39. The van der Waals surface area contributed by atoms with Crippen LogP contribution in [0.25, 0.3) is 0 Å². The van der Waals surface area contributed by atoms with E-state index in [1.165, 1.54) is 12.8 Å². The number of hydrogen-bond acceptors (Lipinski definition) is 7. The summed E-state index contributed by atoms with van der Waals surface area (Å²) in [5.41, 5.74) is 2.15. The van der Waals surface area contributed by atoms with E-state index in [2.05, 4.69) is 44.0 Å². The molecule has 1 aliphatic rings. The smallest absolute Gasteiger partial charge is 0.224 e. The van der Waals surface area contributed by atoms with Gasteiger partial charge in [0.05, 0.1) is 10.7 Å². The minimum atomic E-state index is 0.174. The number of thioether (sulfide) groups is 1. The Morgan fingerprint density at radius 1 is 1.43 bits per heavy atom. The molecule has 2 aromatic rings. The predicted octanol–water partition coefficient (Wildman–Crippen LogP) is 4.20. The van der Waals surface area contributed by atoms with Crippen LogP contribution >= 0.6 is 23.4 Å². The molecule has 1 fully saturated rings. The first-order chi connectivity index (χ1) is 14.4. The van der Waals surface area contributed by atoms with Crippen LogP contribution in [-0.2, 0) is 11.3 Å². The number of aromatic nitrogens is 3. The number of aldehydes is 1. The minimum Gasteiger partial charge on any atom is -0.363 e. The van der Waals surface area contributed by atoms with Crippen molar-refractivity contribution in [3.05, 3.63) is 34.9 Å². The van der Waals surface area contributed by atoms with Crippen molar-refractivity contribution in [1.82, 2.24) is 20.3 Å². The lowest BCUT2D eigenvalue weighted by Gasteiger charge is -2.27. The van der Waals surface area contributed by atoms with Crippen LogP contribution in [0, 0.1) is 12.8 Å². The van der Waals surface area contributed by atoms with Gasteiger partial charge in [0.25, 0.3) is 0 Å². The number of hydrogen-bond donors (Lipinski definition) is 1. The van der Waals surface area contributed by atoms with Gasteiger partial charge in [0.1, 0.15) is 5.69 Å². The highest BCUT2D eigenvalue weighted by atomic mass is 35.5. The van der Waals surface area contributed by atoms with Crippen LogP contribution in [0.1, 0.15) is 37.9 Å². The molecule has 1 atom stereocenters. The Hall–Kier alpha value is -2.19. The second-order valence-corrected chi connectivity index (χ2v) is 8.97. The zero-order valence-corrected chi connectivity index (χ0v) is 19.3. The van der Waals surface area contributed by atoms with Crippen LogP contribution in [0.2, 0.25) is 5.28 Å². The molecular weight excluding hydrogens is 420 g/mol. The Morgan fingerprint density at radius 3 is 2.80 bits per heavy atom. The van der Waals surface area contributed by atoms with E-state index in [-0.39, 0.29) is 11.1 Å². The molecule has 0 bridgehead atoms. The average molecular weight is 447 g/mol. The van der Waals surface area contributed by atoms with E-state index >= 15 is 0 Å². The number of anilines is 1. The monoisotopic (exact) mass is 446 g/mol. The fourth-order valence-electron chi connectivity index (χ4n) is 3.15. The molecule has 1 unspecified atom stereocenters. The Morgan fingerprint density at radius 2 is 2.20 bits per heavy atom. The Balaban J connectivity index is 1.81. The molecule has 9 heteroatoms. The van der Waals surface area contributed by atoms with E-state index < -0.39 is 0 Å². The molecule has 0 aliphatic heterocycles. The Bertz CT molecular complexity index is 916. The van der Waals surface area contributed by atoms with Crippen LogP contribution in [0.3, 0.4) is 0 Å². The molecule has 0 spiro atoms. The zero-order valence-electron chi connectivity index (χ0n) is 17.7. The standard InChI is InChI=1S/C21H27ClN6OS/c1-5-30-18-9-6-15(11-24-18)10-23-17(12-29)26-19-13(2)25-21(22)27-20(19)28(4)14(3)16-7-8-16/h6,9,11-12,14,16H,5,7-8,10H2,1-4H3,(H,23,26). The van der Waals surface area contributed by atoms with Crippen LogP contribution in [0.15, 0.2) is 28.3 Å². The molecule has 160 valence electrons. The van der Waals surface area contributed by atoms with Gasteiger partial charge < -0.3 is 10.2 Å². The highest BCUT2D eigenvalue weighted by Gasteiger charge is 2.32. The minimum absolute atomic E-state index is 0.174. The molecule has 0 saturated heterocycles. The molecule has 0 amide bonds. The molecule has 1 aliphatic carbocycles. The molecule has 1 saturated carbocycles. The Kier molecular flexibility index (Phi) is 7.66. The van der Waals surface area contributed by atoms with Gasteiger partial charge in [-0.05, 0) is 61.6 Å². The summed E-state index contributed by atoms with van der Waals surface area (Å²) in [5.74, 6) is 2.47. The van der Waals surface area contributed by atoms with E-state index in [0.717, 1.165) is 16.3 Å². The topological polar surface area (TPSA) is 83.4 Å². The number of aryl methyl sites for hydroxylation is 1. The van der Waals surface area contributed by atoms with Gasteiger partial charge in [-0.15, -0.1) is 11.8 Å². The number of aliphatic imine (C=N–C) groups is 1. The third-order valence-electron chi connectivity index (χ3n) is 5.17. The number of rotatable bonds is 9. The van der Waals surface area contributed by atoms with Crippen molar-refractivity contribution < 1.29 is 4.79 Å². The third kappa shape index (κ3) is 5.70. The summed E-state index contributed by atoms with van der Waals surface area (Å²) in [6.45, 7) is 6.53. The molecule has 0 aromatic carbocycles. The maximum atomic E-state index is 11.7. The van der Waals surface area contributed by atoms with Crippen LogP contribution in [-0.4, -0.2) is 45.9 Å². The van der Waals surface area contributed by atoms with Crippen molar-refractivity contribution in [2.75, 3.05) is 17.7 Å². The number of amidine groups is 1. The van der Waals surface area contributed by atoms with Crippen LogP contribution in [0.5, 0.6) is 0 Å². The number of nitrogens with zero attached hydrogens (tertiary/aromatic N) is 5. The van der Waals surface area contributed by atoms with Gasteiger partial charge in [0.2, 0.25) is 5.28 Å². The lowest BCUT2D eigenvalue weighted by molar-refractivity contribution is -0.102. The van der Waals surface area contributed by atoms with Gasteiger partial charge in [-0.3, -0.25) is 4.79 Å². The summed E-state index contributed by atoms with van der Waals surface area (Å²) in [4.78, 5) is 31.4. The van der Waals surface area contributed by atoms with Gasteiger partial charge in [0.15, 0.2) is 17.9 Å². The van der Waals surface area contributed by atoms with Crippen LogP contribution in [0.4, 0.5) is 11.5 Å². The number of pyridine rings is 1. The molecule has 2 aromatic heterocycles. The first-order valence-corrected chi connectivity index (χ1v) is 11.4. The van der Waals surface area contributed by atoms with Gasteiger partial charge >= 0.3 is 0 Å². The highest BCUT2D eigenvalue weighted by molar-refractivity contribution is 7.99. The maximum absolute atomic E-state index is 11.7. The summed E-state index contributed by atoms with van der Waals surface area (Å²) in [6.07, 6.45) is 4.94. The lowest BCUT2D eigenvalue weighted by atomic mass is 10.2. The number of carbonyl (C=O) groups is 1. The fraction of sp³-hybridized carbons (Fsp3) is 0.476. The summed E-state index contributed by atoms with van der Waals surface area (Å²) < 4.78 is 0. The predicted molar refractivity (Wildman–Crippen MR) is 123 cm³/mol. The molecule has 0 radical (unpaired) electrons. The van der Waals surface area contributed by atoms with Crippen LogP contribution < -0.4 is 10.2 Å². The van der Waals surface area contributed by atoms with E-state index in [1.54, 1.807) is 18.0 Å². The largest absolute Gasteiger partial charge is 0.363 e. The summed E-state index contributed by atoms with van der Waals surface area (Å²) in [5, 5.41) is 4.24. The van der Waals surface area contributed by atoms with Crippen molar-refractivity contribution in [3.8, 4) is 0 Å². The van der Waals surface area contributed by atoms with Crippen molar-refractivity contribution in [1.29, 1.82) is 0 Å². The molecule has 2 heterocycles. The van der Waals surface area contributed by atoms with Crippen molar-refractivity contribution in [3.63, 3.8) is 0 Å². The summed E-state index contributed by atoms with van der Waals surface area (Å²) in [6, 6.07) is 4.28. The summed E-state index contributed by atoms with van der Waals surface area (Å²) >= 11 is 7.81. The number of halogens is 1. The normalized spacial score (nSPS) is 15.0. The molecule has 7 nitrogen and oxygen atoms in total. The number of nitrogens with one attached hydrogen (secondary N) is 1. The first-order valence-electron chi connectivity index (χ1n) is 10.0. The third-order valence-corrected chi connectivity index (χ3v) is 6.16. The first kappa shape index (κ1) is 22.5. The maximum Gasteiger partial charge on any atom is 0.224 e. The van der Waals surface area contributed by atoms with E-state index in [4.69, 9.17) is 11.6 Å². The van der Waals surface area contributed by atoms with E-state index in [9.17, 15) is 4.79 Å². The van der Waals surface area contributed by atoms with E-state index in [1.807, 2.05) is 26.1 Å². The van der Waals surface area contributed by atoms with Gasteiger partial charge in [-0.2, -0.15) is 4.98 Å². The number of carbonyl (C=O) groups excluding carboxylic acids is 1. The average Bonchev–Trinajstić information content (AvgIpc) is 3.57. The SMILES string of the molecule is CCSc1ccc(CN/C(C=O)=N/c2c(C)nc(Cl)nc2N(C)C(C)C2CC2)cn1. The second-order valence-electron chi connectivity index (χ2n) is 7.35. The van der Waals surface area contributed by atoms with Gasteiger partial charge in [0, 0.05) is 25.8 Å². The van der Waals surface area contributed by atoms with Crippen molar-refractivity contribution in [2.45, 2.75) is 51.2 Å². The molecule has 30 heavy (non-hydrogen) atoms. The molecule has 1 N–H and O–H groups in total. The lowest BCUT2D eigenvalue weighted by Crippen LogP contribution is -2.32. The van der Waals surface area contributed by atoms with Gasteiger partial charge in [-0.25, -0.2) is 15.0 Å². The van der Waals surface area contributed by atoms with Crippen molar-refractivity contribution >= 4 is 47.0 Å². The summed E-state index contributed by atoms with van der Waals surface area (Å²) in [7, 11) is 1.98. The molecule has 3 rings (SSSR count). The second kappa shape index (κ2) is 10.2. The van der Waals surface area contributed by atoms with Crippen molar-refractivity contribution in [2.24, 2.45) is 10.9 Å². The fourth-order valence-corrected chi connectivity index (χ4v) is 3.95. The quantitative estimate of drug-likeness (QED) is 0.203.